The van der Waals surface area contributed by atoms with Crippen LogP contribution in [0.3, 0.4) is 0 Å². The summed E-state index contributed by atoms with van der Waals surface area (Å²) in [5, 5.41) is 10.9. The zero-order chi connectivity index (χ0) is 28.2. The Morgan fingerprint density at radius 3 is 2.47 bits per heavy atom. The first kappa shape index (κ1) is 34.5. The number of aliphatic hydroxyl groups excluding tert-OH is 1. The van der Waals surface area contributed by atoms with Gasteiger partial charge in [0, 0.05) is 50.4 Å². The molecular weight excluding hydrogens is 502 g/mol. The van der Waals surface area contributed by atoms with E-state index in [2.05, 4.69) is 70.1 Å². The molecule has 1 atom stereocenters. The Hall–Kier alpha value is -1.49. The highest BCUT2D eigenvalue weighted by atomic mass is 32.2. The van der Waals surface area contributed by atoms with E-state index in [1.165, 1.54) is 68.3 Å². The van der Waals surface area contributed by atoms with Crippen LogP contribution < -0.4 is 5.32 Å². The molecule has 1 aromatic carbocycles. The smallest absolute Gasteiger partial charge is 0.230 e. The van der Waals surface area contributed by atoms with Gasteiger partial charge in [-0.05, 0) is 36.9 Å². The number of unbranched alkanes of at least 4 members (excludes halogenated alkanes) is 1. The second-order valence-corrected chi connectivity index (χ2v) is 12.2. The largest absolute Gasteiger partial charge is 0.368 e. The molecule has 0 bridgehead atoms. The third-order valence-corrected chi connectivity index (χ3v) is 8.04. The Morgan fingerprint density at radius 2 is 1.87 bits per heavy atom. The van der Waals surface area contributed by atoms with Crippen LogP contribution in [0.25, 0.3) is 0 Å². The molecule has 0 spiro atoms. The molecule has 0 aliphatic carbocycles. The molecule has 0 radical (unpaired) electrons. The van der Waals surface area contributed by atoms with E-state index in [1.54, 1.807) is 0 Å². The Kier molecular flexibility index (Phi) is 18.6. The summed E-state index contributed by atoms with van der Waals surface area (Å²) in [4.78, 5) is 35.5. The van der Waals surface area contributed by atoms with Crippen molar-refractivity contribution >= 4 is 24.0 Å². The van der Waals surface area contributed by atoms with Gasteiger partial charge in [-0.25, -0.2) is 9.78 Å². The average molecular weight is 554 g/mol. The highest BCUT2D eigenvalue weighted by Gasteiger charge is 2.19. The maximum absolute atomic E-state index is 11.4. The SMILES string of the molecule is CC(C)(CCC=O)SCC(=O)NCCOOCO.CCCC[C@H](C)c1ccc(CN2CCN(C)CC2)cc1. The molecule has 38 heavy (non-hydrogen) atoms. The molecule has 1 amide bonds. The Labute approximate surface area is 234 Å². The molecule has 0 saturated carbocycles. The van der Waals surface area contributed by atoms with Gasteiger partial charge in [0.2, 0.25) is 5.91 Å². The van der Waals surface area contributed by atoms with E-state index in [0.717, 1.165) is 19.3 Å². The molecule has 8 nitrogen and oxygen atoms in total. The maximum atomic E-state index is 11.4. The molecule has 0 aromatic heterocycles. The lowest BCUT2D eigenvalue weighted by atomic mass is 9.95. The van der Waals surface area contributed by atoms with Crippen LogP contribution in [-0.2, 0) is 25.9 Å². The fraction of sp³-hybridized carbons (Fsp3) is 0.724. The van der Waals surface area contributed by atoms with Crippen molar-refractivity contribution in [1.82, 2.24) is 15.1 Å². The summed E-state index contributed by atoms with van der Waals surface area (Å²) >= 11 is 1.51. The molecule has 218 valence electrons. The standard InChI is InChI=1S/C18H30N2.C11H21NO5S/c1-4-5-6-16(2)18-9-7-17(8-10-18)15-20-13-11-19(3)12-14-20;1-11(2,4-3-6-13)18-8-10(15)12-5-7-16-17-9-14/h7-10,16H,4-6,11-15H2,1-3H3;6,14H,3-5,7-9H2,1-2H3,(H,12,15)/t16-;/m0./s1. The molecule has 9 heteroatoms. The summed E-state index contributed by atoms with van der Waals surface area (Å²) < 4.78 is -0.0885. The number of aliphatic hydroxyl groups is 1. The van der Waals surface area contributed by atoms with Gasteiger partial charge in [-0.1, -0.05) is 64.8 Å². The van der Waals surface area contributed by atoms with E-state index in [4.69, 9.17) is 5.11 Å². The van der Waals surface area contributed by atoms with Gasteiger partial charge in [-0.3, -0.25) is 9.69 Å². The average Bonchev–Trinajstić information content (AvgIpc) is 2.91. The third-order valence-electron chi connectivity index (χ3n) is 6.64. The lowest BCUT2D eigenvalue weighted by Crippen LogP contribution is -2.43. The molecule has 2 rings (SSSR count). The minimum atomic E-state index is -0.505. The van der Waals surface area contributed by atoms with Crippen molar-refractivity contribution < 1.29 is 24.5 Å². The van der Waals surface area contributed by atoms with Gasteiger partial charge < -0.3 is 20.1 Å². The number of benzene rings is 1. The summed E-state index contributed by atoms with van der Waals surface area (Å²) in [6.07, 6.45) is 6.10. The number of rotatable bonds is 17. The number of carbonyl (C=O) groups excluding carboxylic acids is 2. The summed E-state index contributed by atoms with van der Waals surface area (Å²) in [6, 6.07) is 9.34. The number of likely N-dealkylation sites (N-methyl/N-ethyl adjacent to an activating group) is 1. The van der Waals surface area contributed by atoms with Gasteiger partial charge in [-0.2, -0.15) is 0 Å². The van der Waals surface area contributed by atoms with Crippen LogP contribution in [0.15, 0.2) is 24.3 Å². The first-order valence-corrected chi connectivity index (χ1v) is 14.9. The second-order valence-electron chi connectivity index (χ2n) is 10.5. The zero-order valence-electron chi connectivity index (χ0n) is 24.2. The van der Waals surface area contributed by atoms with Crippen LogP contribution in [0.2, 0.25) is 0 Å². The van der Waals surface area contributed by atoms with Crippen molar-refractivity contribution in [2.45, 2.75) is 77.0 Å². The summed E-state index contributed by atoms with van der Waals surface area (Å²) in [6.45, 7) is 14.6. The Balaban J connectivity index is 0.000000383. The molecule has 1 heterocycles. The van der Waals surface area contributed by atoms with Crippen LogP contribution in [0.1, 0.15) is 76.8 Å². The van der Waals surface area contributed by atoms with Crippen LogP contribution in [0.4, 0.5) is 0 Å². The first-order chi connectivity index (χ1) is 18.2. The van der Waals surface area contributed by atoms with Crippen molar-refractivity contribution in [1.29, 1.82) is 0 Å². The molecular formula is C29H51N3O5S. The van der Waals surface area contributed by atoms with Crippen LogP contribution in [0, 0.1) is 0 Å². The quantitative estimate of drug-likeness (QED) is 0.0974. The van der Waals surface area contributed by atoms with E-state index < -0.39 is 6.79 Å². The molecule has 1 saturated heterocycles. The predicted molar refractivity (Wildman–Crippen MR) is 156 cm³/mol. The molecule has 1 aliphatic rings. The highest BCUT2D eigenvalue weighted by molar-refractivity contribution is 8.01. The number of thioether (sulfide) groups is 1. The predicted octanol–water partition coefficient (Wildman–Crippen LogP) is 4.22. The third kappa shape index (κ3) is 16.5. The van der Waals surface area contributed by atoms with Gasteiger partial charge >= 0.3 is 0 Å². The number of nitrogens with zero attached hydrogens (tertiary/aromatic N) is 2. The number of piperazine rings is 1. The number of amides is 1. The lowest BCUT2D eigenvalue weighted by molar-refractivity contribution is -0.326. The molecule has 2 N–H and O–H groups in total. The van der Waals surface area contributed by atoms with Gasteiger partial charge in [0.15, 0.2) is 6.79 Å². The highest BCUT2D eigenvalue weighted by Crippen LogP contribution is 2.28. The van der Waals surface area contributed by atoms with Crippen molar-refractivity contribution in [3.8, 4) is 0 Å². The fourth-order valence-corrected chi connectivity index (χ4v) is 4.90. The van der Waals surface area contributed by atoms with E-state index >= 15 is 0 Å². The van der Waals surface area contributed by atoms with Gasteiger partial charge in [0.1, 0.15) is 6.29 Å². The summed E-state index contributed by atoms with van der Waals surface area (Å²) in [7, 11) is 2.21. The molecule has 1 aliphatic heterocycles. The maximum Gasteiger partial charge on any atom is 0.230 e. The first-order valence-electron chi connectivity index (χ1n) is 13.9. The Morgan fingerprint density at radius 1 is 1.18 bits per heavy atom. The molecule has 1 aromatic rings. The van der Waals surface area contributed by atoms with E-state index in [-0.39, 0.29) is 17.3 Å². The number of hydrogen-bond acceptors (Lipinski definition) is 8. The molecule has 0 unspecified atom stereocenters. The van der Waals surface area contributed by atoms with E-state index in [9.17, 15) is 9.59 Å². The minimum Gasteiger partial charge on any atom is -0.368 e. The van der Waals surface area contributed by atoms with E-state index in [0.29, 0.717) is 24.6 Å². The van der Waals surface area contributed by atoms with Crippen molar-refractivity contribution in [3.05, 3.63) is 35.4 Å². The van der Waals surface area contributed by atoms with Gasteiger partial charge in [-0.15, -0.1) is 11.8 Å². The topological polar surface area (TPSA) is 91.3 Å². The number of hydrogen-bond donors (Lipinski definition) is 2. The number of aldehydes is 1. The van der Waals surface area contributed by atoms with E-state index in [1.807, 2.05) is 13.8 Å². The summed E-state index contributed by atoms with van der Waals surface area (Å²) in [5.74, 6) is 0.951. The van der Waals surface area contributed by atoms with Crippen molar-refractivity contribution in [2.24, 2.45) is 0 Å². The van der Waals surface area contributed by atoms with Crippen LogP contribution in [-0.4, -0.2) is 90.8 Å². The minimum absolute atomic E-state index is 0.0885. The van der Waals surface area contributed by atoms with Crippen molar-refractivity contribution in [2.75, 3.05) is 58.9 Å². The van der Waals surface area contributed by atoms with Crippen LogP contribution in [0.5, 0.6) is 0 Å². The van der Waals surface area contributed by atoms with Gasteiger partial charge in [0.05, 0.1) is 12.4 Å². The molecule has 1 fully saturated rings. The second kappa shape index (κ2) is 20.4. The van der Waals surface area contributed by atoms with Crippen LogP contribution >= 0.6 is 11.8 Å². The zero-order valence-corrected chi connectivity index (χ0v) is 25.1. The van der Waals surface area contributed by atoms with Gasteiger partial charge in [0.25, 0.3) is 0 Å². The summed E-state index contributed by atoms with van der Waals surface area (Å²) in [5.41, 5.74) is 2.96. The Bertz CT molecular complexity index is 755. The fourth-order valence-electron chi connectivity index (χ4n) is 4.01. The number of nitrogens with one attached hydrogen (secondary N) is 1. The normalized spacial score (nSPS) is 15.4. The van der Waals surface area contributed by atoms with Crippen molar-refractivity contribution in [3.63, 3.8) is 0 Å². The lowest BCUT2D eigenvalue weighted by Gasteiger charge is -2.32. The monoisotopic (exact) mass is 553 g/mol. The number of carbonyl (C=O) groups is 2.